The number of aromatic nitrogens is 3. The molecule has 2 heterocycles. The molecule has 0 saturated heterocycles. The van der Waals surface area contributed by atoms with Gasteiger partial charge < -0.3 is 9.88 Å². The lowest BCUT2D eigenvalue weighted by Crippen LogP contribution is -2.23. The fourth-order valence-corrected chi connectivity index (χ4v) is 2.90. The van der Waals surface area contributed by atoms with E-state index in [9.17, 15) is 4.79 Å². The van der Waals surface area contributed by atoms with Gasteiger partial charge in [0.25, 0.3) is 5.56 Å². The molecule has 0 spiro atoms. The van der Waals surface area contributed by atoms with Gasteiger partial charge in [0.2, 0.25) is 5.13 Å². The fourth-order valence-electron chi connectivity index (χ4n) is 2.11. The Bertz CT molecular complexity index is 647. The number of hydrogen-bond acceptors (Lipinski definition) is 5. The van der Waals surface area contributed by atoms with E-state index in [1.54, 1.807) is 4.57 Å². The van der Waals surface area contributed by atoms with E-state index in [0.29, 0.717) is 10.6 Å². The van der Waals surface area contributed by atoms with Crippen molar-refractivity contribution < 1.29 is 0 Å². The van der Waals surface area contributed by atoms with Crippen LogP contribution in [-0.2, 0) is 6.54 Å². The number of nitrogens with zero attached hydrogens (tertiary/aromatic N) is 3. The first-order valence-electron chi connectivity index (χ1n) is 7.45. The number of pyridine rings is 1. The van der Waals surface area contributed by atoms with Gasteiger partial charge in [0.15, 0.2) is 5.01 Å². The van der Waals surface area contributed by atoms with Crippen molar-refractivity contribution in [3.8, 4) is 10.6 Å². The molecule has 0 atom stereocenters. The second-order valence-corrected chi connectivity index (χ2v) is 6.02. The Morgan fingerprint density at radius 3 is 2.76 bits per heavy atom. The van der Waals surface area contributed by atoms with Gasteiger partial charge in [-0.05, 0) is 31.9 Å². The van der Waals surface area contributed by atoms with Gasteiger partial charge in [0.05, 0.1) is 5.56 Å². The first kappa shape index (κ1) is 15.7. The zero-order valence-corrected chi connectivity index (χ0v) is 13.7. The number of nitrogens with one attached hydrogen (secondary N) is 1. The van der Waals surface area contributed by atoms with Crippen molar-refractivity contribution in [2.75, 3.05) is 11.9 Å². The van der Waals surface area contributed by atoms with Crippen LogP contribution >= 0.6 is 11.3 Å². The first-order valence-corrected chi connectivity index (χ1v) is 8.27. The van der Waals surface area contributed by atoms with Gasteiger partial charge in [0, 0.05) is 18.8 Å². The van der Waals surface area contributed by atoms with Crippen LogP contribution in [-0.4, -0.2) is 21.3 Å². The molecule has 2 aromatic rings. The molecule has 0 fully saturated rings. The highest BCUT2D eigenvalue weighted by Gasteiger charge is 2.12. The van der Waals surface area contributed by atoms with E-state index in [1.165, 1.54) is 11.3 Å². The monoisotopic (exact) mass is 306 g/mol. The van der Waals surface area contributed by atoms with E-state index in [0.717, 1.165) is 43.2 Å². The summed E-state index contributed by atoms with van der Waals surface area (Å²) < 4.78 is 1.81. The van der Waals surface area contributed by atoms with Gasteiger partial charge in [-0.1, -0.05) is 31.6 Å². The van der Waals surface area contributed by atoms with Crippen LogP contribution in [0.25, 0.3) is 10.6 Å². The van der Waals surface area contributed by atoms with Gasteiger partial charge >= 0.3 is 0 Å². The Morgan fingerprint density at radius 1 is 1.24 bits per heavy atom. The summed E-state index contributed by atoms with van der Waals surface area (Å²) in [5.74, 6) is 0. The summed E-state index contributed by atoms with van der Waals surface area (Å²) in [5.41, 5.74) is 1.64. The standard InChI is InChI=1S/C15H22N4OS/c1-4-6-9-16-15-18-17-13(21-15)12-8-7-11(3)19(10-5-2)14(12)20/h7-8H,4-6,9-10H2,1-3H3,(H,16,18). The summed E-state index contributed by atoms with van der Waals surface area (Å²) in [6, 6.07) is 3.82. The molecule has 5 nitrogen and oxygen atoms in total. The molecule has 2 rings (SSSR count). The summed E-state index contributed by atoms with van der Waals surface area (Å²) in [7, 11) is 0. The van der Waals surface area contributed by atoms with Gasteiger partial charge in [-0.2, -0.15) is 0 Å². The second-order valence-electron chi connectivity index (χ2n) is 5.04. The molecule has 0 saturated carbocycles. The van der Waals surface area contributed by atoms with Crippen molar-refractivity contribution >= 4 is 16.5 Å². The number of unbranched alkanes of at least 4 members (excludes halogenated alkanes) is 1. The quantitative estimate of drug-likeness (QED) is 0.797. The van der Waals surface area contributed by atoms with Crippen LogP contribution in [0.4, 0.5) is 5.13 Å². The molecular weight excluding hydrogens is 284 g/mol. The van der Waals surface area contributed by atoms with Crippen LogP contribution in [0, 0.1) is 6.92 Å². The maximum Gasteiger partial charge on any atom is 0.261 e. The van der Waals surface area contributed by atoms with Gasteiger partial charge in [-0.15, -0.1) is 10.2 Å². The molecule has 0 unspecified atom stereocenters. The average molecular weight is 306 g/mol. The van der Waals surface area contributed by atoms with E-state index < -0.39 is 0 Å². The third kappa shape index (κ3) is 3.69. The molecule has 2 aromatic heterocycles. The van der Waals surface area contributed by atoms with Crippen molar-refractivity contribution in [1.29, 1.82) is 0 Å². The molecule has 0 aliphatic heterocycles. The Labute approximate surface area is 129 Å². The lowest BCUT2D eigenvalue weighted by Gasteiger charge is -2.09. The molecule has 0 bridgehead atoms. The van der Waals surface area contributed by atoms with Gasteiger partial charge in [0.1, 0.15) is 0 Å². The van der Waals surface area contributed by atoms with Crippen LogP contribution in [0.15, 0.2) is 16.9 Å². The normalized spacial score (nSPS) is 10.8. The molecular formula is C15H22N4OS. The van der Waals surface area contributed by atoms with Crippen molar-refractivity contribution in [2.24, 2.45) is 0 Å². The van der Waals surface area contributed by atoms with Crippen LogP contribution in [0.1, 0.15) is 38.8 Å². The van der Waals surface area contributed by atoms with Crippen molar-refractivity contribution in [3.63, 3.8) is 0 Å². The van der Waals surface area contributed by atoms with Crippen LogP contribution in [0.5, 0.6) is 0 Å². The van der Waals surface area contributed by atoms with E-state index >= 15 is 0 Å². The molecule has 0 amide bonds. The number of rotatable bonds is 7. The number of hydrogen-bond donors (Lipinski definition) is 1. The predicted octanol–water partition coefficient (Wildman–Crippen LogP) is 3.30. The van der Waals surface area contributed by atoms with Crippen LogP contribution < -0.4 is 10.9 Å². The molecule has 114 valence electrons. The van der Waals surface area contributed by atoms with Crippen LogP contribution in [0.3, 0.4) is 0 Å². The third-order valence-electron chi connectivity index (χ3n) is 3.30. The maximum atomic E-state index is 12.5. The molecule has 0 aromatic carbocycles. The highest BCUT2D eigenvalue weighted by atomic mass is 32.1. The molecule has 6 heteroatoms. The lowest BCUT2D eigenvalue weighted by molar-refractivity contribution is 0.636. The summed E-state index contributed by atoms with van der Waals surface area (Å²) in [6.07, 6.45) is 3.17. The van der Waals surface area contributed by atoms with Crippen molar-refractivity contribution in [2.45, 2.75) is 46.6 Å². The Morgan fingerprint density at radius 2 is 2.05 bits per heavy atom. The largest absolute Gasteiger partial charge is 0.360 e. The zero-order valence-electron chi connectivity index (χ0n) is 12.8. The highest BCUT2D eigenvalue weighted by molar-refractivity contribution is 7.18. The summed E-state index contributed by atoms with van der Waals surface area (Å²) in [6.45, 7) is 7.80. The fraction of sp³-hybridized carbons (Fsp3) is 0.533. The lowest BCUT2D eigenvalue weighted by atomic mass is 10.2. The highest BCUT2D eigenvalue weighted by Crippen LogP contribution is 2.24. The second kappa shape index (κ2) is 7.36. The Hall–Kier alpha value is -1.69. The smallest absolute Gasteiger partial charge is 0.261 e. The summed E-state index contributed by atoms with van der Waals surface area (Å²) in [5, 5.41) is 13.0. The van der Waals surface area contributed by atoms with E-state index in [2.05, 4.69) is 29.4 Å². The predicted molar refractivity (Wildman–Crippen MR) is 88.0 cm³/mol. The zero-order chi connectivity index (χ0) is 15.2. The van der Waals surface area contributed by atoms with E-state index in [-0.39, 0.29) is 5.56 Å². The van der Waals surface area contributed by atoms with Crippen molar-refractivity contribution in [1.82, 2.24) is 14.8 Å². The Kier molecular flexibility index (Phi) is 5.50. The summed E-state index contributed by atoms with van der Waals surface area (Å²) >= 11 is 1.44. The molecule has 0 radical (unpaired) electrons. The Balaban J connectivity index is 2.26. The number of anilines is 1. The SMILES string of the molecule is CCCCNc1nnc(-c2ccc(C)n(CCC)c2=O)s1. The van der Waals surface area contributed by atoms with E-state index in [1.807, 2.05) is 19.1 Å². The summed E-state index contributed by atoms with van der Waals surface area (Å²) in [4.78, 5) is 12.5. The molecule has 21 heavy (non-hydrogen) atoms. The van der Waals surface area contributed by atoms with E-state index in [4.69, 9.17) is 0 Å². The first-order chi connectivity index (χ1) is 10.2. The topological polar surface area (TPSA) is 59.8 Å². The molecule has 0 aliphatic carbocycles. The van der Waals surface area contributed by atoms with Crippen molar-refractivity contribution in [3.05, 3.63) is 28.2 Å². The van der Waals surface area contributed by atoms with Gasteiger partial charge in [-0.25, -0.2) is 0 Å². The van der Waals surface area contributed by atoms with Crippen LogP contribution in [0.2, 0.25) is 0 Å². The minimum atomic E-state index is 0.0214. The van der Waals surface area contributed by atoms with Gasteiger partial charge in [-0.3, -0.25) is 4.79 Å². The minimum Gasteiger partial charge on any atom is -0.360 e. The third-order valence-corrected chi connectivity index (χ3v) is 4.22. The molecule has 1 N–H and O–H groups in total. The average Bonchev–Trinajstić information content (AvgIpc) is 2.92. The minimum absolute atomic E-state index is 0.0214. The maximum absolute atomic E-state index is 12.5. The molecule has 0 aliphatic rings. The number of aryl methyl sites for hydroxylation is 1.